The van der Waals surface area contributed by atoms with Gasteiger partial charge in [-0.25, -0.2) is 10.9 Å². The normalized spacial score (nSPS) is 10.6. The van der Waals surface area contributed by atoms with Crippen LogP contribution >= 0.6 is 0 Å². The molecule has 0 saturated carbocycles. The Morgan fingerprint density at radius 1 is 1.31 bits per heavy atom. The van der Waals surface area contributed by atoms with E-state index in [1.165, 1.54) is 5.56 Å². The maximum atomic E-state index is 4.99. The third-order valence-electron chi connectivity index (χ3n) is 2.55. The first kappa shape index (κ1) is 10.9. The first-order chi connectivity index (χ1) is 7.81. The van der Waals surface area contributed by atoms with E-state index in [1.54, 1.807) is 6.20 Å². The lowest BCUT2D eigenvalue weighted by Crippen LogP contribution is -2.03. The van der Waals surface area contributed by atoms with Crippen LogP contribution in [0.15, 0.2) is 36.7 Å². The highest BCUT2D eigenvalue weighted by Gasteiger charge is 2.00. The van der Waals surface area contributed by atoms with Gasteiger partial charge in [-0.2, -0.15) is 0 Å². The number of nitrogens with two attached hydrogens (primary N) is 1. The summed E-state index contributed by atoms with van der Waals surface area (Å²) < 4.78 is 2.04. The molecule has 0 aliphatic heterocycles. The van der Waals surface area contributed by atoms with Gasteiger partial charge >= 0.3 is 0 Å². The summed E-state index contributed by atoms with van der Waals surface area (Å²) in [6.07, 6.45) is 4.58. The van der Waals surface area contributed by atoms with Gasteiger partial charge in [0, 0.05) is 18.1 Å². The van der Waals surface area contributed by atoms with Crippen LogP contribution in [0.2, 0.25) is 0 Å². The second-order valence-electron chi connectivity index (χ2n) is 3.63. The summed E-state index contributed by atoms with van der Waals surface area (Å²) in [5.74, 6) is 5.98. The number of benzene rings is 1. The van der Waals surface area contributed by atoms with Crippen LogP contribution in [0.4, 0.5) is 0 Å². The monoisotopic (exact) mass is 217 g/mol. The Morgan fingerprint density at radius 3 is 2.62 bits per heavy atom. The molecule has 0 atom stereocenters. The number of aryl methyl sites for hydroxylation is 1. The summed E-state index contributed by atoms with van der Waals surface area (Å²) in [5.41, 5.74) is 2.33. The number of rotatable bonds is 4. The van der Waals surface area contributed by atoms with E-state index in [4.69, 9.17) is 5.90 Å². The predicted molar refractivity (Wildman–Crippen MR) is 62.1 cm³/mol. The fourth-order valence-electron chi connectivity index (χ4n) is 1.65. The molecule has 1 aromatic carbocycles. The van der Waals surface area contributed by atoms with Gasteiger partial charge in [0.25, 0.3) is 0 Å². The zero-order valence-electron chi connectivity index (χ0n) is 9.26. The molecular formula is C12H15N3O. The molecular weight excluding hydrogens is 202 g/mol. The van der Waals surface area contributed by atoms with Crippen molar-refractivity contribution < 1.29 is 4.84 Å². The summed E-state index contributed by atoms with van der Waals surface area (Å²) in [7, 11) is 0. The zero-order chi connectivity index (χ0) is 11.4. The highest BCUT2D eigenvalue weighted by atomic mass is 16.6. The van der Waals surface area contributed by atoms with Crippen molar-refractivity contribution in [1.29, 1.82) is 0 Å². The minimum Gasteiger partial charge on any atom is -0.304 e. The number of imidazole rings is 1. The van der Waals surface area contributed by atoms with Gasteiger partial charge in [-0.15, -0.1) is 0 Å². The summed E-state index contributed by atoms with van der Waals surface area (Å²) in [6, 6.07) is 8.29. The Labute approximate surface area is 94.6 Å². The van der Waals surface area contributed by atoms with E-state index in [0.717, 1.165) is 17.9 Å². The number of aromatic nitrogens is 2. The standard InChI is InChI=1S/C12H15N3O/c1-10-14-7-8-15(10)12-4-2-11(3-5-12)6-9-16-13/h2-5,7-8H,6,9,13H2,1H3. The highest BCUT2D eigenvalue weighted by molar-refractivity contribution is 5.35. The van der Waals surface area contributed by atoms with Crippen LogP contribution in [0.1, 0.15) is 11.4 Å². The van der Waals surface area contributed by atoms with Gasteiger partial charge < -0.3 is 9.40 Å². The third kappa shape index (κ3) is 2.29. The number of hydrogen-bond donors (Lipinski definition) is 1. The molecule has 0 unspecified atom stereocenters. The van der Waals surface area contributed by atoms with Crippen LogP contribution in [0.5, 0.6) is 0 Å². The average Bonchev–Trinajstić information content (AvgIpc) is 2.74. The molecule has 0 fully saturated rings. The molecule has 0 saturated heterocycles. The molecule has 0 radical (unpaired) electrons. The molecule has 2 aromatic rings. The average molecular weight is 217 g/mol. The fraction of sp³-hybridized carbons (Fsp3) is 0.250. The van der Waals surface area contributed by atoms with Crippen LogP contribution in [0.25, 0.3) is 5.69 Å². The van der Waals surface area contributed by atoms with E-state index < -0.39 is 0 Å². The van der Waals surface area contributed by atoms with Crippen molar-refractivity contribution in [2.24, 2.45) is 5.90 Å². The van der Waals surface area contributed by atoms with Gasteiger partial charge in [0.15, 0.2) is 0 Å². The molecule has 1 aromatic heterocycles. The lowest BCUT2D eigenvalue weighted by Gasteiger charge is -2.06. The summed E-state index contributed by atoms with van der Waals surface area (Å²) in [6.45, 7) is 2.53. The Kier molecular flexibility index (Phi) is 3.34. The minimum atomic E-state index is 0.545. The van der Waals surface area contributed by atoms with Crippen LogP contribution in [0, 0.1) is 6.92 Å². The van der Waals surface area contributed by atoms with Gasteiger partial charge in [0.1, 0.15) is 5.82 Å². The van der Waals surface area contributed by atoms with E-state index in [9.17, 15) is 0 Å². The fourth-order valence-corrected chi connectivity index (χ4v) is 1.65. The van der Waals surface area contributed by atoms with E-state index in [-0.39, 0.29) is 0 Å². The highest BCUT2D eigenvalue weighted by Crippen LogP contribution is 2.11. The Balaban J connectivity index is 2.16. The maximum Gasteiger partial charge on any atom is 0.110 e. The molecule has 0 bridgehead atoms. The van der Waals surface area contributed by atoms with Crippen molar-refractivity contribution in [1.82, 2.24) is 9.55 Å². The van der Waals surface area contributed by atoms with E-state index in [0.29, 0.717) is 6.61 Å². The summed E-state index contributed by atoms with van der Waals surface area (Å²) >= 11 is 0. The predicted octanol–water partition coefficient (Wildman–Crippen LogP) is 1.61. The van der Waals surface area contributed by atoms with E-state index in [1.807, 2.05) is 17.7 Å². The van der Waals surface area contributed by atoms with Crippen molar-refractivity contribution in [3.05, 3.63) is 48.0 Å². The molecule has 2 N–H and O–H groups in total. The third-order valence-corrected chi connectivity index (χ3v) is 2.55. The van der Waals surface area contributed by atoms with Crippen molar-refractivity contribution in [3.63, 3.8) is 0 Å². The summed E-state index contributed by atoms with van der Waals surface area (Å²) in [5, 5.41) is 0. The van der Waals surface area contributed by atoms with Crippen molar-refractivity contribution in [2.75, 3.05) is 6.61 Å². The molecule has 2 rings (SSSR count). The molecule has 0 aliphatic rings. The van der Waals surface area contributed by atoms with Gasteiger partial charge in [-0.3, -0.25) is 0 Å². The molecule has 16 heavy (non-hydrogen) atoms. The molecule has 0 amide bonds. The van der Waals surface area contributed by atoms with Crippen LogP contribution in [-0.2, 0) is 11.3 Å². The smallest absolute Gasteiger partial charge is 0.110 e. The maximum absolute atomic E-state index is 4.99. The SMILES string of the molecule is Cc1nccn1-c1ccc(CCON)cc1. The minimum absolute atomic E-state index is 0.545. The van der Waals surface area contributed by atoms with Crippen LogP contribution in [0.3, 0.4) is 0 Å². The molecule has 0 aliphatic carbocycles. The molecule has 0 spiro atoms. The van der Waals surface area contributed by atoms with Gasteiger partial charge in [0.2, 0.25) is 0 Å². The molecule has 84 valence electrons. The van der Waals surface area contributed by atoms with Gasteiger partial charge in [-0.1, -0.05) is 12.1 Å². The Bertz CT molecular complexity index is 448. The molecule has 1 heterocycles. The second-order valence-corrected chi connectivity index (χ2v) is 3.63. The number of nitrogens with zero attached hydrogens (tertiary/aromatic N) is 2. The zero-order valence-corrected chi connectivity index (χ0v) is 9.26. The lowest BCUT2D eigenvalue weighted by atomic mass is 10.1. The van der Waals surface area contributed by atoms with Crippen molar-refractivity contribution in [2.45, 2.75) is 13.3 Å². The molecule has 4 nitrogen and oxygen atoms in total. The van der Waals surface area contributed by atoms with Crippen LogP contribution in [-0.4, -0.2) is 16.2 Å². The van der Waals surface area contributed by atoms with E-state index >= 15 is 0 Å². The first-order valence-corrected chi connectivity index (χ1v) is 5.22. The Hall–Kier alpha value is -1.65. The first-order valence-electron chi connectivity index (χ1n) is 5.22. The van der Waals surface area contributed by atoms with Crippen molar-refractivity contribution in [3.8, 4) is 5.69 Å². The summed E-state index contributed by atoms with van der Waals surface area (Å²) in [4.78, 5) is 8.74. The van der Waals surface area contributed by atoms with E-state index in [2.05, 4.69) is 34.1 Å². The van der Waals surface area contributed by atoms with Gasteiger partial charge in [0.05, 0.1) is 6.61 Å². The molecule has 4 heteroatoms. The lowest BCUT2D eigenvalue weighted by molar-refractivity contribution is 0.141. The largest absolute Gasteiger partial charge is 0.304 e. The Morgan fingerprint density at radius 2 is 2.06 bits per heavy atom. The van der Waals surface area contributed by atoms with Gasteiger partial charge in [-0.05, 0) is 31.0 Å². The number of hydrogen-bond acceptors (Lipinski definition) is 3. The quantitative estimate of drug-likeness (QED) is 0.792. The van der Waals surface area contributed by atoms with Crippen LogP contribution < -0.4 is 5.90 Å². The second kappa shape index (κ2) is 4.92. The topological polar surface area (TPSA) is 53.1 Å². The van der Waals surface area contributed by atoms with Crippen molar-refractivity contribution >= 4 is 0 Å².